The lowest BCUT2D eigenvalue weighted by Crippen LogP contribution is -2.23. The number of aromatic nitrogens is 2. The molecule has 0 bridgehead atoms. The Hall–Kier alpha value is -1.48. The minimum absolute atomic E-state index is 0. The zero-order chi connectivity index (χ0) is 16.8. The smallest absolute Gasteiger partial charge is 0.193 e. The van der Waals surface area contributed by atoms with Gasteiger partial charge in [0, 0.05) is 24.6 Å². The van der Waals surface area contributed by atoms with E-state index in [1.165, 1.54) is 0 Å². The highest BCUT2D eigenvalue weighted by Crippen LogP contribution is 2.27. The fourth-order valence-electron chi connectivity index (χ4n) is 2.14. The van der Waals surface area contributed by atoms with Crippen molar-refractivity contribution in [3.8, 4) is 5.75 Å². The lowest BCUT2D eigenvalue weighted by Gasteiger charge is -2.10. The van der Waals surface area contributed by atoms with E-state index in [1.807, 2.05) is 12.3 Å². The molecule has 0 saturated carbocycles. The van der Waals surface area contributed by atoms with Gasteiger partial charge in [0.25, 0.3) is 0 Å². The maximum atomic E-state index is 6.08. The van der Waals surface area contributed by atoms with Crippen molar-refractivity contribution in [3.63, 3.8) is 0 Å². The van der Waals surface area contributed by atoms with Crippen LogP contribution in [0.4, 0.5) is 5.69 Å². The molecule has 1 aromatic heterocycles. The summed E-state index contributed by atoms with van der Waals surface area (Å²) in [6.45, 7) is 5.65. The van der Waals surface area contributed by atoms with Crippen LogP contribution in [0.3, 0.4) is 0 Å². The average molecular weight is 464 g/mol. The number of guanidine groups is 1. The Bertz CT molecular complexity index is 687. The third kappa shape index (κ3) is 5.86. The zero-order valence-electron chi connectivity index (χ0n) is 14.0. The summed E-state index contributed by atoms with van der Waals surface area (Å²) in [6.07, 6.45) is 3.73. The zero-order valence-corrected chi connectivity index (χ0v) is 17.1. The highest BCUT2D eigenvalue weighted by Gasteiger charge is 2.05. The predicted molar refractivity (Wildman–Crippen MR) is 109 cm³/mol. The first-order valence-electron chi connectivity index (χ1n) is 7.40. The Labute approximate surface area is 164 Å². The first-order chi connectivity index (χ1) is 11.0. The van der Waals surface area contributed by atoms with E-state index in [0.29, 0.717) is 29.2 Å². The number of nitrogens with one attached hydrogen (secondary N) is 1. The maximum absolute atomic E-state index is 6.08. The predicted octanol–water partition coefficient (Wildman–Crippen LogP) is 3.75. The molecule has 0 fully saturated rings. The molecule has 0 amide bonds. The van der Waals surface area contributed by atoms with Gasteiger partial charge in [-0.05, 0) is 24.1 Å². The van der Waals surface area contributed by atoms with Gasteiger partial charge in [0.05, 0.1) is 12.1 Å². The second-order valence-electron chi connectivity index (χ2n) is 5.57. The second kappa shape index (κ2) is 9.73. The summed E-state index contributed by atoms with van der Waals surface area (Å²) in [4.78, 5) is 8.65. The Balaban J connectivity index is 0.00000288. The summed E-state index contributed by atoms with van der Waals surface area (Å²) in [5.74, 6) is 2.36. The van der Waals surface area contributed by atoms with Gasteiger partial charge in [-0.25, -0.2) is 9.98 Å². The number of benzene rings is 1. The van der Waals surface area contributed by atoms with Crippen LogP contribution in [0.15, 0.2) is 35.6 Å². The molecule has 2 rings (SSSR count). The first kappa shape index (κ1) is 20.6. The van der Waals surface area contributed by atoms with Crippen molar-refractivity contribution in [3.05, 3.63) is 41.4 Å². The molecule has 0 radical (unpaired) electrons. The summed E-state index contributed by atoms with van der Waals surface area (Å²) in [5.41, 5.74) is 6.67. The van der Waals surface area contributed by atoms with Gasteiger partial charge in [-0.1, -0.05) is 25.4 Å². The monoisotopic (exact) mass is 463 g/mol. The summed E-state index contributed by atoms with van der Waals surface area (Å²) >= 11 is 6.08. The van der Waals surface area contributed by atoms with Crippen molar-refractivity contribution >= 4 is 47.2 Å². The lowest BCUT2D eigenvalue weighted by molar-refractivity contribution is 0.415. The molecule has 0 spiro atoms. The molecule has 1 heterocycles. The molecule has 0 atom stereocenters. The van der Waals surface area contributed by atoms with Crippen LogP contribution in [-0.2, 0) is 13.1 Å². The van der Waals surface area contributed by atoms with Crippen molar-refractivity contribution in [1.82, 2.24) is 9.55 Å². The SMILES string of the molecule is COc1ccc(NC(N)=NCc2nccn2CC(C)C)cc1Cl.I. The molecule has 0 aliphatic heterocycles. The third-order valence-corrected chi connectivity index (χ3v) is 3.47. The Morgan fingerprint density at radius 2 is 2.21 bits per heavy atom. The molecule has 3 N–H and O–H groups in total. The molecule has 8 heteroatoms. The Kier molecular flexibility index (Phi) is 8.34. The molecule has 0 aliphatic rings. The molecule has 0 unspecified atom stereocenters. The number of hydrogen-bond acceptors (Lipinski definition) is 3. The number of ether oxygens (including phenoxy) is 1. The Morgan fingerprint density at radius 1 is 1.46 bits per heavy atom. The van der Waals surface area contributed by atoms with E-state index < -0.39 is 0 Å². The van der Waals surface area contributed by atoms with Gasteiger partial charge in [-0.2, -0.15) is 0 Å². The number of rotatable bonds is 6. The van der Waals surface area contributed by atoms with Gasteiger partial charge in [-0.3, -0.25) is 0 Å². The largest absolute Gasteiger partial charge is 0.495 e. The molecule has 0 aliphatic carbocycles. The molecule has 132 valence electrons. The van der Waals surface area contributed by atoms with E-state index in [9.17, 15) is 0 Å². The van der Waals surface area contributed by atoms with Crippen LogP contribution in [0.5, 0.6) is 5.75 Å². The fraction of sp³-hybridized carbons (Fsp3) is 0.375. The van der Waals surface area contributed by atoms with Gasteiger partial charge in [0.2, 0.25) is 0 Å². The van der Waals surface area contributed by atoms with E-state index >= 15 is 0 Å². The van der Waals surface area contributed by atoms with E-state index in [0.717, 1.165) is 18.1 Å². The third-order valence-electron chi connectivity index (χ3n) is 3.18. The maximum Gasteiger partial charge on any atom is 0.193 e. The van der Waals surface area contributed by atoms with Crippen LogP contribution in [-0.4, -0.2) is 22.6 Å². The minimum atomic E-state index is 0. The van der Waals surface area contributed by atoms with Crippen LogP contribution in [0.1, 0.15) is 19.7 Å². The lowest BCUT2D eigenvalue weighted by atomic mass is 10.2. The highest BCUT2D eigenvalue weighted by atomic mass is 127. The molecular weight excluding hydrogens is 441 g/mol. The van der Waals surface area contributed by atoms with E-state index in [2.05, 4.69) is 33.7 Å². The normalized spacial score (nSPS) is 11.3. The number of nitrogens with zero attached hydrogens (tertiary/aromatic N) is 3. The minimum Gasteiger partial charge on any atom is -0.495 e. The average Bonchev–Trinajstić information content (AvgIpc) is 2.92. The van der Waals surface area contributed by atoms with Crippen LogP contribution in [0, 0.1) is 5.92 Å². The quantitative estimate of drug-likeness (QED) is 0.389. The summed E-state index contributed by atoms with van der Waals surface area (Å²) < 4.78 is 7.20. The van der Waals surface area contributed by atoms with Crippen molar-refractivity contribution in [2.75, 3.05) is 12.4 Å². The summed E-state index contributed by atoms with van der Waals surface area (Å²) in [6, 6.07) is 5.34. The number of methoxy groups -OCH3 is 1. The van der Waals surface area contributed by atoms with E-state index in [-0.39, 0.29) is 24.0 Å². The summed E-state index contributed by atoms with van der Waals surface area (Å²) in [5, 5.41) is 3.52. The van der Waals surface area contributed by atoms with Gasteiger partial charge in [0.15, 0.2) is 5.96 Å². The molecule has 6 nitrogen and oxygen atoms in total. The number of nitrogens with two attached hydrogens (primary N) is 1. The van der Waals surface area contributed by atoms with Crippen LogP contribution >= 0.6 is 35.6 Å². The van der Waals surface area contributed by atoms with Crippen molar-refractivity contribution in [1.29, 1.82) is 0 Å². The standard InChI is InChI=1S/C16H22ClN5O.HI/c1-11(2)10-22-7-6-19-15(22)9-20-16(18)21-12-4-5-14(23-3)13(17)8-12;/h4-8,11H,9-10H2,1-3H3,(H3,18,20,21);1H. The first-order valence-corrected chi connectivity index (χ1v) is 7.78. The molecule has 0 saturated heterocycles. The topological polar surface area (TPSA) is 77.5 Å². The van der Waals surface area contributed by atoms with Crippen molar-refractivity contribution < 1.29 is 4.74 Å². The van der Waals surface area contributed by atoms with Gasteiger partial charge < -0.3 is 20.4 Å². The van der Waals surface area contributed by atoms with Crippen molar-refractivity contribution in [2.24, 2.45) is 16.6 Å². The van der Waals surface area contributed by atoms with E-state index in [1.54, 1.807) is 25.4 Å². The van der Waals surface area contributed by atoms with Gasteiger partial charge >= 0.3 is 0 Å². The van der Waals surface area contributed by atoms with E-state index in [4.69, 9.17) is 22.1 Å². The number of anilines is 1. The second-order valence-corrected chi connectivity index (χ2v) is 5.97. The Morgan fingerprint density at radius 3 is 2.83 bits per heavy atom. The number of hydrogen-bond donors (Lipinski definition) is 2. The number of imidazole rings is 1. The highest BCUT2D eigenvalue weighted by molar-refractivity contribution is 14.0. The molecule has 1 aromatic carbocycles. The van der Waals surface area contributed by atoms with Crippen LogP contribution in [0.25, 0.3) is 0 Å². The molecular formula is C16H23ClIN5O. The van der Waals surface area contributed by atoms with Gasteiger partial charge in [0.1, 0.15) is 18.1 Å². The molecule has 24 heavy (non-hydrogen) atoms. The van der Waals surface area contributed by atoms with Crippen molar-refractivity contribution in [2.45, 2.75) is 26.9 Å². The van der Waals surface area contributed by atoms with Gasteiger partial charge in [-0.15, -0.1) is 24.0 Å². The summed E-state index contributed by atoms with van der Waals surface area (Å²) in [7, 11) is 1.57. The molecule has 2 aromatic rings. The number of halogens is 2. The fourth-order valence-corrected chi connectivity index (χ4v) is 2.40. The van der Waals surface area contributed by atoms with Crippen LogP contribution < -0.4 is 15.8 Å². The van der Waals surface area contributed by atoms with Crippen LogP contribution in [0.2, 0.25) is 5.02 Å². The number of aliphatic imine (C=N–C) groups is 1.